The molecule has 0 atom stereocenters. The van der Waals surface area contributed by atoms with Gasteiger partial charge in [0.05, 0.1) is 6.61 Å². The Kier molecular flexibility index (Phi) is 5.12. The fourth-order valence-electron chi connectivity index (χ4n) is 1.85. The molecule has 1 fully saturated rings. The molecule has 0 spiro atoms. The highest BCUT2D eigenvalue weighted by Crippen LogP contribution is 2.49. The van der Waals surface area contributed by atoms with Crippen LogP contribution < -0.4 is 0 Å². The van der Waals surface area contributed by atoms with E-state index in [2.05, 4.69) is 12.6 Å². The molecule has 0 aromatic carbocycles. The van der Waals surface area contributed by atoms with E-state index in [1.54, 1.807) is 7.11 Å². The fraction of sp³-hybridized carbons (Fsp3) is 0.917. The first kappa shape index (κ1) is 13.8. The maximum Gasteiger partial charge on any atom is 0.223 e. The normalized spacial score (nSPS) is 17.6. The van der Waals surface area contributed by atoms with Crippen molar-refractivity contribution >= 4 is 18.5 Å². The largest absolute Gasteiger partial charge is 0.383 e. The average Bonchev–Trinajstić information content (AvgIpc) is 2.98. The minimum Gasteiger partial charge on any atom is -0.383 e. The SMILES string of the molecule is COCCN(C(=O)CC1(CS)CC1)C(C)C. The second kappa shape index (κ2) is 5.92. The molecule has 4 heteroatoms. The van der Waals surface area contributed by atoms with Crippen LogP contribution in [0.3, 0.4) is 0 Å². The summed E-state index contributed by atoms with van der Waals surface area (Å²) in [7, 11) is 1.67. The third-order valence-corrected chi connectivity index (χ3v) is 3.97. The average molecular weight is 245 g/mol. The molecule has 0 heterocycles. The molecule has 1 amide bonds. The zero-order chi connectivity index (χ0) is 12.2. The van der Waals surface area contributed by atoms with Crippen LogP contribution in [0.1, 0.15) is 33.1 Å². The topological polar surface area (TPSA) is 29.5 Å². The van der Waals surface area contributed by atoms with E-state index < -0.39 is 0 Å². The highest BCUT2D eigenvalue weighted by Gasteiger charge is 2.43. The van der Waals surface area contributed by atoms with Crippen molar-refractivity contribution < 1.29 is 9.53 Å². The summed E-state index contributed by atoms with van der Waals surface area (Å²) in [5.41, 5.74) is 0.209. The van der Waals surface area contributed by atoms with Crippen molar-refractivity contribution in [2.75, 3.05) is 26.0 Å². The zero-order valence-electron chi connectivity index (χ0n) is 10.5. The van der Waals surface area contributed by atoms with Gasteiger partial charge < -0.3 is 9.64 Å². The van der Waals surface area contributed by atoms with Crippen molar-refractivity contribution in [3.63, 3.8) is 0 Å². The number of hydrogen-bond donors (Lipinski definition) is 1. The number of hydrogen-bond acceptors (Lipinski definition) is 3. The Balaban J connectivity index is 2.47. The first-order valence-corrected chi connectivity index (χ1v) is 6.57. The predicted octanol–water partition coefficient (Wildman–Crippen LogP) is 1.97. The van der Waals surface area contributed by atoms with Crippen molar-refractivity contribution in [1.29, 1.82) is 0 Å². The van der Waals surface area contributed by atoms with Gasteiger partial charge in [0.2, 0.25) is 5.91 Å². The molecule has 1 aliphatic carbocycles. The number of amides is 1. The molecule has 0 saturated heterocycles. The molecule has 0 N–H and O–H groups in total. The van der Waals surface area contributed by atoms with Crippen LogP contribution in [0.15, 0.2) is 0 Å². The smallest absolute Gasteiger partial charge is 0.223 e. The van der Waals surface area contributed by atoms with E-state index in [1.165, 1.54) is 0 Å². The first-order chi connectivity index (χ1) is 7.54. The van der Waals surface area contributed by atoms with Gasteiger partial charge in [-0.05, 0) is 37.9 Å². The van der Waals surface area contributed by atoms with E-state index in [0.29, 0.717) is 19.6 Å². The molecule has 1 rings (SSSR count). The Morgan fingerprint density at radius 1 is 1.50 bits per heavy atom. The summed E-state index contributed by atoms with van der Waals surface area (Å²) in [5, 5.41) is 0. The van der Waals surface area contributed by atoms with Crippen LogP contribution in [0.4, 0.5) is 0 Å². The molecular formula is C12H23NO2S. The third-order valence-electron chi connectivity index (χ3n) is 3.30. The molecule has 0 aromatic heterocycles. The van der Waals surface area contributed by atoms with Gasteiger partial charge in [-0.3, -0.25) is 4.79 Å². The first-order valence-electron chi connectivity index (χ1n) is 5.94. The predicted molar refractivity (Wildman–Crippen MR) is 68.9 cm³/mol. The van der Waals surface area contributed by atoms with Crippen molar-refractivity contribution in [1.82, 2.24) is 4.90 Å². The molecule has 1 saturated carbocycles. The van der Waals surface area contributed by atoms with E-state index >= 15 is 0 Å². The summed E-state index contributed by atoms with van der Waals surface area (Å²) in [4.78, 5) is 14.1. The molecule has 0 unspecified atom stereocenters. The van der Waals surface area contributed by atoms with Crippen LogP contribution in [-0.2, 0) is 9.53 Å². The molecule has 0 aromatic rings. The van der Waals surface area contributed by atoms with Crippen molar-refractivity contribution in [3.05, 3.63) is 0 Å². The van der Waals surface area contributed by atoms with Gasteiger partial charge in [0.1, 0.15) is 0 Å². The Hall–Kier alpha value is -0.220. The quantitative estimate of drug-likeness (QED) is 0.695. The Morgan fingerprint density at radius 3 is 2.50 bits per heavy atom. The van der Waals surface area contributed by atoms with Gasteiger partial charge in [-0.25, -0.2) is 0 Å². The van der Waals surface area contributed by atoms with E-state index in [9.17, 15) is 4.79 Å². The second-order valence-electron chi connectivity index (χ2n) is 5.01. The molecule has 16 heavy (non-hydrogen) atoms. The van der Waals surface area contributed by atoms with Gasteiger partial charge in [-0.1, -0.05) is 0 Å². The standard InChI is InChI=1S/C12H23NO2S/c1-10(2)13(6-7-15-3)11(14)8-12(9-16)4-5-12/h10,16H,4-9H2,1-3H3. The van der Waals surface area contributed by atoms with Crippen molar-refractivity contribution in [3.8, 4) is 0 Å². The lowest BCUT2D eigenvalue weighted by atomic mass is 10.0. The van der Waals surface area contributed by atoms with Gasteiger partial charge in [-0.15, -0.1) is 0 Å². The number of carbonyl (C=O) groups is 1. The molecule has 0 aliphatic heterocycles. The minimum atomic E-state index is 0.209. The fourth-order valence-corrected chi connectivity index (χ4v) is 2.28. The lowest BCUT2D eigenvalue weighted by molar-refractivity contribution is -0.134. The summed E-state index contributed by atoms with van der Waals surface area (Å²) in [6.45, 7) is 5.40. The van der Waals surface area contributed by atoms with Crippen molar-refractivity contribution in [2.24, 2.45) is 5.41 Å². The number of ether oxygens (including phenoxy) is 1. The van der Waals surface area contributed by atoms with Gasteiger partial charge in [0, 0.05) is 26.1 Å². The molecule has 94 valence electrons. The number of rotatable bonds is 7. The lowest BCUT2D eigenvalue weighted by Gasteiger charge is -2.28. The maximum atomic E-state index is 12.1. The van der Waals surface area contributed by atoms with Crippen LogP contribution in [0.5, 0.6) is 0 Å². The van der Waals surface area contributed by atoms with Gasteiger partial charge >= 0.3 is 0 Å². The molecule has 1 aliphatic rings. The maximum absolute atomic E-state index is 12.1. The minimum absolute atomic E-state index is 0.209. The van der Waals surface area contributed by atoms with Crippen LogP contribution in [0.2, 0.25) is 0 Å². The monoisotopic (exact) mass is 245 g/mol. The Morgan fingerprint density at radius 2 is 2.12 bits per heavy atom. The number of thiol groups is 1. The molecule has 0 bridgehead atoms. The van der Waals surface area contributed by atoms with Crippen LogP contribution >= 0.6 is 12.6 Å². The number of nitrogens with zero attached hydrogens (tertiary/aromatic N) is 1. The van der Waals surface area contributed by atoms with E-state index in [0.717, 1.165) is 18.6 Å². The zero-order valence-corrected chi connectivity index (χ0v) is 11.4. The van der Waals surface area contributed by atoms with Gasteiger partial charge in [-0.2, -0.15) is 12.6 Å². The summed E-state index contributed by atoms with van der Waals surface area (Å²) >= 11 is 4.33. The van der Waals surface area contributed by atoms with Gasteiger partial charge in [0.25, 0.3) is 0 Å². The Labute approximate surface area is 104 Å². The molecule has 0 radical (unpaired) electrons. The highest BCUT2D eigenvalue weighted by atomic mass is 32.1. The summed E-state index contributed by atoms with van der Waals surface area (Å²) in [5.74, 6) is 1.08. The van der Waals surface area contributed by atoms with Crippen LogP contribution in [-0.4, -0.2) is 42.9 Å². The molecular weight excluding hydrogens is 222 g/mol. The van der Waals surface area contributed by atoms with Gasteiger partial charge in [0.15, 0.2) is 0 Å². The summed E-state index contributed by atoms with van der Waals surface area (Å²) < 4.78 is 5.04. The highest BCUT2D eigenvalue weighted by molar-refractivity contribution is 7.80. The lowest BCUT2D eigenvalue weighted by Crippen LogP contribution is -2.40. The Bertz CT molecular complexity index is 239. The van der Waals surface area contributed by atoms with E-state index in [4.69, 9.17) is 4.74 Å². The van der Waals surface area contributed by atoms with E-state index in [1.807, 2.05) is 18.7 Å². The summed E-state index contributed by atoms with van der Waals surface area (Å²) in [6, 6.07) is 0.248. The summed E-state index contributed by atoms with van der Waals surface area (Å²) in [6.07, 6.45) is 2.95. The number of carbonyl (C=O) groups excluding carboxylic acids is 1. The van der Waals surface area contributed by atoms with Crippen LogP contribution in [0.25, 0.3) is 0 Å². The molecule has 3 nitrogen and oxygen atoms in total. The van der Waals surface area contributed by atoms with Crippen molar-refractivity contribution in [2.45, 2.75) is 39.2 Å². The second-order valence-corrected chi connectivity index (χ2v) is 5.32. The van der Waals surface area contributed by atoms with E-state index in [-0.39, 0.29) is 17.4 Å². The number of methoxy groups -OCH3 is 1. The third kappa shape index (κ3) is 3.67. The van der Waals surface area contributed by atoms with Crippen LogP contribution in [0, 0.1) is 5.41 Å².